The first-order chi connectivity index (χ1) is 13.3. The maximum atomic E-state index is 14.6. The van der Waals surface area contributed by atoms with Crippen molar-refractivity contribution in [2.24, 2.45) is 12.8 Å². The number of aryl methyl sites for hydroxylation is 1. The molecule has 9 heteroatoms. The van der Waals surface area contributed by atoms with E-state index in [2.05, 4.69) is 5.10 Å². The number of aromatic nitrogens is 2. The summed E-state index contributed by atoms with van der Waals surface area (Å²) in [6.45, 7) is 1.11. The molecule has 0 saturated carbocycles. The van der Waals surface area contributed by atoms with Crippen LogP contribution in [0.3, 0.4) is 0 Å². The van der Waals surface area contributed by atoms with Crippen LogP contribution in [0.4, 0.5) is 10.1 Å². The van der Waals surface area contributed by atoms with E-state index in [-0.39, 0.29) is 35.8 Å². The molecule has 0 radical (unpaired) electrons. The van der Waals surface area contributed by atoms with Crippen molar-refractivity contribution >= 4 is 32.4 Å². The fourth-order valence-corrected chi connectivity index (χ4v) is 4.10. The number of sulfonamides is 1. The summed E-state index contributed by atoms with van der Waals surface area (Å²) in [5.41, 5.74) is 6.81. The maximum Gasteiger partial charge on any atom is 0.235 e. The molecular weight excluding hydrogens is 383 g/mol. The zero-order valence-electron chi connectivity index (χ0n) is 15.6. The maximum absolute atomic E-state index is 14.6. The van der Waals surface area contributed by atoms with Crippen LogP contribution in [0.5, 0.6) is 0 Å². The van der Waals surface area contributed by atoms with Crippen molar-refractivity contribution in [1.29, 1.82) is 0 Å². The molecule has 0 saturated heterocycles. The van der Waals surface area contributed by atoms with Crippen molar-refractivity contribution in [2.45, 2.75) is 13.5 Å². The monoisotopic (exact) mass is 404 g/mol. The highest BCUT2D eigenvalue weighted by atomic mass is 32.2. The molecule has 0 aliphatic rings. The molecule has 1 aromatic heterocycles. The molecule has 0 spiro atoms. The number of carbonyl (C=O) groups excluding carboxylic acids is 1. The third-order valence-electron chi connectivity index (χ3n) is 4.61. The van der Waals surface area contributed by atoms with Gasteiger partial charge in [-0.1, -0.05) is 18.2 Å². The first-order valence-electron chi connectivity index (χ1n) is 8.71. The summed E-state index contributed by atoms with van der Waals surface area (Å²) < 4.78 is 43.0. The van der Waals surface area contributed by atoms with Gasteiger partial charge in [-0.3, -0.25) is 13.8 Å². The number of benzene rings is 2. The molecule has 148 valence electrons. The standard InChI is InChI=1S/C19H21FN4O3S/c1-3-28(26,27)24(18-6-4-5-17-15(18)11-22-23(17)2)12-14-8-7-13(9-16(14)20)19(25)10-21/h4-9,11H,3,10,12,21H2,1-2H3. The molecule has 2 aromatic carbocycles. The van der Waals surface area contributed by atoms with Crippen LogP contribution < -0.4 is 10.0 Å². The van der Waals surface area contributed by atoms with Crippen LogP contribution in [0.1, 0.15) is 22.8 Å². The van der Waals surface area contributed by atoms with E-state index < -0.39 is 15.8 Å². The highest BCUT2D eigenvalue weighted by Crippen LogP contribution is 2.30. The second-order valence-electron chi connectivity index (χ2n) is 6.32. The molecule has 0 unspecified atom stereocenters. The smallest absolute Gasteiger partial charge is 0.235 e. The number of fused-ring (bicyclic) bond motifs is 1. The normalized spacial score (nSPS) is 11.7. The van der Waals surface area contributed by atoms with Gasteiger partial charge in [0, 0.05) is 23.6 Å². The van der Waals surface area contributed by atoms with Crippen LogP contribution in [0.2, 0.25) is 0 Å². The van der Waals surface area contributed by atoms with Gasteiger partial charge in [-0.05, 0) is 25.1 Å². The van der Waals surface area contributed by atoms with Crippen molar-refractivity contribution in [1.82, 2.24) is 9.78 Å². The number of hydrogen-bond acceptors (Lipinski definition) is 5. The SMILES string of the molecule is CCS(=O)(=O)N(Cc1ccc(C(=O)CN)cc1F)c1cccc2c1cnn2C. The van der Waals surface area contributed by atoms with E-state index in [1.807, 2.05) is 6.07 Å². The topological polar surface area (TPSA) is 98.3 Å². The van der Waals surface area contributed by atoms with Gasteiger partial charge in [0.15, 0.2) is 5.78 Å². The average Bonchev–Trinajstić information content (AvgIpc) is 3.07. The average molecular weight is 404 g/mol. The van der Waals surface area contributed by atoms with Gasteiger partial charge in [0.1, 0.15) is 5.82 Å². The molecule has 0 aliphatic carbocycles. The van der Waals surface area contributed by atoms with Crippen LogP contribution in [0, 0.1) is 5.82 Å². The van der Waals surface area contributed by atoms with Gasteiger partial charge < -0.3 is 5.73 Å². The lowest BCUT2D eigenvalue weighted by molar-refractivity contribution is 0.100. The first kappa shape index (κ1) is 20.0. The summed E-state index contributed by atoms with van der Waals surface area (Å²) in [6, 6.07) is 9.19. The molecule has 3 rings (SSSR count). The number of ketones is 1. The molecular formula is C19H21FN4O3S. The van der Waals surface area contributed by atoms with Crippen molar-refractivity contribution in [2.75, 3.05) is 16.6 Å². The first-order valence-corrected chi connectivity index (χ1v) is 10.3. The number of nitrogens with two attached hydrogens (primary N) is 1. The van der Waals surface area contributed by atoms with Gasteiger partial charge in [0.05, 0.1) is 36.2 Å². The van der Waals surface area contributed by atoms with E-state index in [1.165, 1.54) is 23.4 Å². The Bertz CT molecular complexity index is 1140. The lowest BCUT2D eigenvalue weighted by Crippen LogP contribution is -2.32. The Morgan fingerprint density at radius 2 is 2.04 bits per heavy atom. The van der Waals surface area contributed by atoms with Gasteiger partial charge in [-0.25, -0.2) is 12.8 Å². The molecule has 28 heavy (non-hydrogen) atoms. The zero-order chi connectivity index (χ0) is 20.5. The van der Waals surface area contributed by atoms with E-state index in [1.54, 1.807) is 30.1 Å². The lowest BCUT2D eigenvalue weighted by Gasteiger charge is -2.25. The molecule has 7 nitrogen and oxygen atoms in total. The number of hydrogen-bond donors (Lipinski definition) is 1. The molecule has 0 amide bonds. The Hall–Kier alpha value is -2.78. The van der Waals surface area contributed by atoms with Crippen molar-refractivity contribution < 1.29 is 17.6 Å². The van der Waals surface area contributed by atoms with Gasteiger partial charge in [-0.2, -0.15) is 5.10 Å². The summed E-state index contributed by atoms with van der Waals surface area (Å²) in [4.78, 5) is 11.7. The number of anilines is 1. The second-order valence-corrected chi connectivity index (χ2v) is 8.50. The minimum atomic E-state index is -3.70. The van der Waals surface area contributed by atoms with E-state index >= 15 is 0 Å². The highest BCUT2D eigenvalue weighted by molar-refractivity contribution is 7.92. The quantitative estimate of drug-likeness (QED) is 0.609. The van der Waals surface area contributed by atoms with E-state index in [9.17, 15) is 17.6 Å². The molecule has 2 N–H and O–H groups in total. The van der Waals surface area contributed by atoms with Crippen molar-refractivity contribution in [3.8, 4) is 0 Å². The van der Waals surface area contributed by atoms with Gasteiger partial charge in [-0.15, -0.1) is 0 Å². The van der Waals surface area contributed by atoms with Crippen molar-refractivity contribution in [3.63, 3.8) is 0 Å². The van der Waals surface area contributed by atoms with Gasteiger partial charge in [0.2, 0.25) is 10.0 Å². The number of halogens is 1. The van der Waals surface area contributed by atoms with Crippen LogP contribution in [0.15, 0.2) is 42.6 Å². The molecule has 0 bridgehead atoms. The highest BCUT2D eigenvalue weighted by Gasteiger charge is 2.25. The van der Waals surface area contributed by atoms with E-state index in [4.69, 9.17) is 5.73 Å². The lowest BCUT2D eigenvalue weighted by atomic mass is 10.1. The minimum absolute atomic E-state index is 0.144. The summed E-state index contributed by atoms with van der Waals surface area (Å²) in [7, 11) is -1.94. The fourth-order valence-electron chi connectivity index (χ4n) is 2.99. The van der Waals surface area contributed by atoms with Crippen LogP contribution >= 0.6 is 0 Å². The Morgan fingerprint density at radius 1 is 1.29 bits per heavy atom. The summed E-state index contributed by atoms with van der Waals surface area (Å²) in [5.74, 6) is -1.19. The largest absolute Gasteiger partial charge is 0.324 e. The van der Waals surface area contributed by atoms with Crippen LogP contribution in [0.25, 0.3) is 10.9 Å². The number of rotatable bonds is 7. The van der Waals surface area contributed by atoms with Crippen LogP contribution in [-0.4, -0.2) is 36.3 Å². The predicted molar refractivity (Wildman–Crippen MR) is 106 cm³/mol. The zero-order valence-corrected chi connectivity index (χ0v) is 16.4. The molecule has 0 aliphatic heterocycles. The van der Waals surface area contributed by atoms with Crippen LogP contribution in [-0.2, 0) is 23.6 Å². The van der Waals surface area contributed by atoms with E-state index in [0.717, 1.165) is 11.6 Å². The number of nitrogens with zero attached hydrogens (tertiary/aromatic N) is 3. The molecule has 0 fully saturated rings. The van der Waals surface area contributed by atoms with Crippen molar-refractivity contribution in [3.05, 3.63) is 59.5 Å². The molecule has 3 aromatic rings. The fraction of sp³-hybridized carbons (Fsp3) is 0.263. The Labute approximate surface area is 162 Å². The summed E-state index contributed by atoms with van der Waals surface area (Å²) >= 11 is 0. The Kier molecular flexibility index (Phi) is 5.48. The van der Waals surface area contributed by atoms with Gasteiger partial charge in [0.25, 0.3) is 0 Å². The molecule has 0 atom stereocenters. The Balaban J connectivity index is 2.09. The third kappa shape index (κ3) is 3.63. The second kappa shape index (κ2) is 7.69. The van der Waals surface area contributed by atoms with Gasteiger partial charge >= 0.3 is 0 Å². The third-order valence-corrected chi connectivity index (χ3v) is 6.34. The number of Topliss-reactive ketones (excluding diaryl/α,β-unsaturated/α-hetero) is 1. The molecule has 1 heterocycles. The minimum Gasteiger partial charge on any atom is -0.324 e. The van der Waals surface area contributed by atoms with E-state index in [0.29, 0.717) is 11.1 Å². The summed E-state index contributed by atoms with van der Waals surface area (Å²) in [5, 5.41) is 4.83. The summed E-state index contributed by atoms with van der Waals surface area (Å²) in [6.07, 6.45) is 1.59. The Morgan fingerprint density at radius 3 is 2.68 bits per heavy atom. The predicted octanol–water partition coefficient (Wildman–Crippen LogP) is 2.21. The number of carbonyl (C=O) groups is 1.